The molecule has 7 nitrogen and oxygen atoms in total. The Hall–Kier alpha value is -3.81. The zero-order chi connectivity index (χ0) is 24.5. The monoisotopic (exact) mass is 505 g/mol. The minimum absolute atomic E-state index is 0.284. The molecule has 0 bridgehead atoms. The molecule has 1 atom stereocenters. The lowest BCUT2D eigenvalue weighted by Crippen LogP contribution is -2.31. The Bertz CT molecular complexity index is 1430. The second-order valence-electron chi connectivity index (χ2n) is 7.98. The van der Waals surface area contributed by atoms with E-state index in [2.05, 4.69) is 15.6 Å². The molecule has 1 aliphatic rings. The van der Waals surface area contributed by atoms with Gasteiger partial charge < -0.3 is 15.4 Å². The fraction of sp³-hybridized carbons (Fsp3) is 0.115. The van der Waals surface area contributed by atoms with Gasteiger partial charge in [0.05, 0.1) is 18.4 Å². The molecule has 2 heterocycles. The lowest BCUT2D eigenvalue weighted by Gasteiger charge is -2.28. The van der Waals surface area contributed by atoms with Gasteiger partial charge in [-0.3, -0.25) is 4.79 Å². The molecular weight excluding hydrogens is 485 g/mol. The van der Waals surface area contributed by atoms with Gasteiger partial charge in [-0.05, 0) is 61.0 Å². The van der Waals surface area contributed by atoms with Gasteiger partial charge in [0, 0.05) is 21.3 Å². The zero-order valence-electron chi connectivity index (χ0n) is 18.9. The van der Waals surface area contributed by atoms with Crippen LogP contribution in [0.5, 0.6) is 5.75 Å². The van der Waals surface area contributed by atoms with E-state index in [9.17, 15) is 4.79 Å². The molecule has 1 amide bonds. The van der Waals surface area contributed by atoms with E-state index in [4.69, 9.17) is 33.0 Å². The van der Waals surface area contributed by atoms with Gasteiger partial charge in [-0.25, -0.2) is 4.68 Å². The third-order valence-corrected chi connectivity index (χ3v) is 6.24. The maximum absolute atomic E-state index is 13.7. The Morgan fingerprint density at radius 1 is 1.00 bits per heavy atom. The minimum atomic E-state index is -0.535. The van der Waals surface area contributed by atoms with Crippen molar-refractivity contribution < 1.29 is 9.53 Å². The van der Waals surface area contributed by atoms with E-state index < -0.39 is 6.04 Å². The first kappa shape index (κ1) is 23.0. The van der Waals surface area contributed by atoms with Gasteiger partial charge in [0.25, 0.3) is 5.91 Å². The maximum Gasteiger partial charge on any atom is 0.255 e. The van der Waals surface area contributed by atoms with Crippen LogP contribution in [0.2, 0.25) is 10.0 Å². The van der Waals surface area contributed by atoms with Crippen LogP contribution in [0.25, 0.3) is 11.4 Å². The highest BCUT2D eigenvalue weighted by Crippen LogP contribution is 2.37. The molecule has 0 saturated carbocycles. The summed E-state index contributed by atoms with van der Waals surface area (Å²) in [5.74, 6) is 1.33. The average Bonchev–Trinajstić information content (AvgIpc) is 3.28. The highest BCUT2D eigenvalue weighted by molar-refractivity contribution is 6.30. The van der Waals surface area contributed by atoms with Gasteiger partial charge in [0.1, 0.15) is 11.8 Å². The summed E-state index contributed by atoms with van der Waals surface area (Å²) in [6, 6.07) is 21.4. The highest BCUT2D eigenvalue weighted by atomic mass is 35.5. The van der Waals surface area contributed by atoms with Gasteiger partial charge in [-0.15, -0.1) is 5.10 Å². The number of allylic oxidation sites excluding steroid dienone is 1. The summed E-state index contributed by atoms with van der Waals surface area (Å²) in [6.07, 6.45) is 0. The number of hydrogen-bond acceptors (Lipinski definition) is 5. The topological polar surface area (TPSA) is 81.1 Å². The number of halogens is 2. The molecule has 1 aromatic heterocycles. The molecule has 0 aliphatic carbocycles. The number of nitrogens with one attached hydrogen (secondary N) is 2. The van der Waals surface area contributed by atoms with Crippen molar-refractivity contribution in [3.63, 3.8) is 0 Å². The predicted octanol–water partition coefficient (Wildman–Crippen LogP) is 6.19. The molecule has 0 saturated heterocycles. The number of benzene rings is 3. The van der Waals surface area contributed by atoms with E-state index in [1.54, 1.807) is 48.2 Å². The Morgan fingerprint density at radius 2 is 1.66 bits per heavy atom. The predicted molar refractivity (Wildman–Crippen MR) is 138 cm³/mol. The van der Waals surface area contributed by atoms with Crippen LogP contribution < -0.4 is 15.4 Å². The molecule has 0 fully saturated rings. The highest BCUT2D eigenvalue weighted by Gasteiger charge is 2.34. The Morgan fingerprint density at radius 3 is 2.34 bits per heavy atom. The molecule has 3 aromatic carbocycles. The first-order valence-electron chi connectivity index (χ1n) is 10.8. The molecule has 1 unspecified atom stereocenters. The number of anilines is 2. The van der Waals surface area contributed by atoms with Crippen LogP contribution in [0.1, 0.15) is 18.5 Å². The SMILES string of the molecule is COc1ccccc1NC(=O)C1=C(C)Nc2nc(-c3ccc(Cl)cc3)nn2C1c1ccc(Cl)cc1. The van der Waals surface area contributed by atoms with Gasteiger partial charge in [0.15, 0.2) is 5.82 Å². The molecule has 0 radical (unpaired) electrons. The second kappa shape index (κ2) is 9.44. The summed E-state index contributed by atoms with van der Waals surface area (Å²) < 4.78 is 7.12. The van der Waals surface area contributed by atoms with E-state index in [0.717, 1.165) is 11.1 Å². The first-order chi connectivity index (χ1) is 16.9. The maximum atomic E-state index is 13.7. The van der Waals surface area contributed by atoms with Crippen LogP contribution in [-0.4, -0.2) is 27.8 Å². The summed E-state index contributed by atoms with van der Waals surface area (Å²) >= 11 is 12.2. The molecule has 176 valence electrons. The van der Waals surface area contributed by atoms with Gasteiger partial charge >= 0.3 is 0 Å². The van der Waals surface area contributed by atoms with E-state index in [0.29, 0.717) is 44.5 Å². The van der Waals surface area contributed by atoms with Crippen LogP contribution in [0, 0.1) is 0 Å². The minimum Gasteiger partial charge on any atom is -0.495 e. The van der Waals surface area contributed by atoms with Crippen molar-refractivity contribution in [2.75, 3.05) is 17.7 Å². The third kappa shape index (κ3) is 4.48. The van der Waals surface area contributed by atoms with Crippen molar-refractivity contribution in [3.05, 3.63) is 99.7 Å². The summed E-state index contributed by atoms with van der Waals surface area (Å²) in [6.45, 7) is 1.85. The van der Waals surface area contributed by atoms with Gasteiger partial charge in [-0.1, -0.05) is 47.5 Å². The number of aromatic nitrogens is 3. The van der Waals surface area contributed by atoms with Crippen LogP contribution in [0.4, 0.5) is 11.6 Å². The number of amides is 1. The number of para-hydroxylation sites is 2. The largest absolute Gasteiger partial charge is 0.495 e. The summed E-state index contributed by atoms with van der Waals surface area (Å²) in [5.41, 5.74) is 3.39. The number of ether oxygens (including phenoxy) is 1. The quantitative estimate of drug-likeness (QED) is 0.338. The third-order valence-electron chi connectivity index (χ3n) is 5.74. The second-order valence-corrected chi connectivity index (χ2v) is 8.86. The number of methoxy groups -OCH3 is 1. The number of hydrogen-bond donors (Lipinski definition) is 2. The van der Waals surface area contributed by atoms with Crippen molar-refractivity contribution in [2.24, 2.45) is 0 Å². The Kier molecular flexibility index (Phi) is 6.19. The van der Waals surface area contributed by atoms with E-state index in [-0.39, 0.29) is 5.91 Å². The molecule has 9 heteroatoms. The van der Waals surface area contributed by atoms with Crippen LogP contribution >= 0.6 is 23.2 Å². The molecule has 5 rings (SSSR count). The fourth-order valence-electron chi connectivity index (χ4n) is 4.06. The normalized spacial score (nSPS) is 14.8. The standard InChI is InChI=1S/C26H21Cl2N5O2/c1-15-22(25(34)30-20-5-3-4-6-21(20)35-2)23(16-7-11-18(27)12-8-16)33-26(29-15)31-24(32-33)17-9-13-19(28)14-10-17/h3-14,23H,1-2H3,(H,30,34)(H,29,31,32). The lowest BCUT2D eigenvalue weighted by molar-refractivity contribution is -0.113. The zero-order valence-corrected chi connectivity index (χ0v) is 20.4. The van der Waals surface area contributed by atoms with Crippen molar-refractivity contribution in [3.8, 4) is 17.1 Å². The summed E-state index contributed by atoms with van der Waals surface area (Å²) in [7, 11) is 1.56. The molecule has 1 aliphatic heterocycles. The smallest absolute Gasteiger partial charge is 0.255 e. The fourth-order valence-corrected chi connectivity index (χ4v) is 4.31. The van der Waals surface area contributed by atoms with Crippen LogP contribution in [0.15, 0.2) is 84.1 Å². The van der Waals surface area contributed by atoms with Crippen molar-refractivity contribution in [1.82, 2.24) is 14.8 Å². The molecule has 35 heavy (non-hydrogen) atoms. The van der Waals surface area contributed by atoms with E-state index in [1.165, 1.54) is 0 Å². The van der Waals surface area contributed by atoms with Crippen molar-refractivity contribution in [1.29, 1.82) is 0 Å². The molecule has 4 aromatic rings. The number of carbonyl (C=O) groups excluding carboxylic acids is 1. The van der Waals surface area contributed by atoms with Crippen molar-refractivity contribution in [2.45, 2.75) is 13.0 Å². The number of rotatable bonds is 5. The molecular formula is C26H21Cl2N5O2. The number of fused-ring (bicyclic) bond motifs is 1. The van der Waals surface area contributed by atoms with E-state index >= 15 is 0 Å². The van der Waals surface area contributed by atoms with Gasteiger partial charge in [0.2, 0.25) is 5.95 Å². The van der Waals surface area contributed by atoms with Gasteiger partial charge in [-0.2, -0.15) is 4.98 Å². The average molecular weight is 506 g/mol. The first-order valence-corrected chi connectivity index (χ1v) is 11.6. The Labute approximate surface area is 212 Å². The Balaban J connectivity index is 1.59. The van der Waals surface area contributed by atoms with Crippen molar-refractivity contribution >= 4 is 40.7 Å². The van der Waals surface area contributed by atoms with E-state index in [1.807, 2.05) is 43.3 Å². The summed E-state index contributed by atoms with van der Waals surface area (Å²) in [4.78, 5) is 18.3. The molecule has 2 N–H and O–H groups in total. The number of carbonyl (C=O) groups is 1. The number of nitrogens with zero attached hydrogens (tertiary/aromatic N) is 3. The lowest BCUT2D eigenvalue weighted by atomic mass is 9.95. The summed E-state index contributed by atoms with van der Waals surface area (Å²) in [5, 5.41) is 12.2. The van der Waals surface area contributed by atoms with Crippen LogP contribution in [-0.2, 0) is 4.79 Å². The van der Waals surface area contributed by atoms with Crippen LogP contribution in [0.3, 0.4) is 0 Å². The molecule has 0 spiro atoms.